The summed E-state index contributed by atoms with van der Waals surface area (Å²) in [6, 6.07) is 0.379. The molecule has 0 bridgehead atoms. The lowest BCUT2D eigenvalue weighted by Crippen LogP contribution is -2.51. The van der Waals surface area contributed by atoms with E-state index in [0.717, 1.165) is 19.4 Å². The number of hydrogen-bond acceptors (Lipinski definition) is 3. The molecule has 0 radical (unpaired) electrons. The normalized spacial score (nSPS) is 30.9. The van der Waals surface area contributed by atoms with Crippen LogP contribution in [0.15, 0.2) is 12.7 Å². The Balaban J connectivity index is 1.93. The van der Waals surface area contributed by atoms with Gasteiger partial charge in [0.05, 0.1) is 5.60 Å². The van der Waals surface area contributed by atoms with Crippen LogP contribution in [0.4, 0.5) is 0 Å². The van der Waals surface area contributed by atoms with Crippen LogP contribution < -0.4 is 11.3 Å². The minimum absolute atomic E-state index is 0.221. The molecule has 0 amide bonds. The van der Waals surface area contributed by atoms with Crippen LogP contribution in [0.5, 0.6) is 0 Å². The predicted octanol–water partition coefficient (Wildman–Crippen LogP) is 1.74. The Hall–Kier alpha value is -0.380. The molecule has 0 aromatic carbocycles. The Morgan fingerprint density at radius 3 is 2.93 bits per heavy atom. The Morgan fingerprint density at radius 1 is 1.60 bits per heavy atom. The first-order chi connectivity index (χ1) is 7.29. The summed E-state index contributed by atoms with van der Waals surface area (Å²) in [7, 11) is 0. The van der Waals surface area contributed by atoms with Crippen molar-refractivity contribution >= 4 is 0 Å². The van der Waals surface area contributed by atoms with Gasteiger partial charge in [-0.1, -0.05) is 6.08 Å². The fourth-order valence-corrected chi connectivity index (χ4v) is 2.90. The van der Waals surface area contributed by atoms with Crippen LogP contribution in [-0.4, -0.2) is 18.2 Å². The second-order valence-corrected chi connectivity index (χ2v) is 4.94. The van der Waals surface area contributed by atoms with Gasteiger partial charge < -0.3 is 4.74 Å². The first-order valence-corrected chi connectivity index (χ1v) is 6.01. The number of nitrogens with two attached hydrogens (primary N) is 1. The van der Waals surface area contributed by atoms with E-state index in [2.05, 4.69) is 12.0 Å². The minimum Gasteiger partial charge on any atom is -0.375 e. The summed E-state index contributed by atoms with van der Waals surface area (Å²) < 4.78 is 5.91. The molecule has 15 heavy (non-hydrogen) atoms. The van der Waals surface area contributed by atoms with Crippen molar-refractivity contribution in [2.24, 2.45) is 11.8 Å². The first kappa shape index (κ1) is 11.1. The third kappa shape index (κ3) is 2.25. The highest BCUT2D eigenvalue weighted by atomic mass is 16.5. The van der Waals surface area contributed by atoms with Gasteiger partial charge in [0, 0.05) is 12.6 Å². The molecule has 1 aliphatic carbocycles. The molecule has 2 atom stereocenters. The van der Waals surface area contributed by atoms with Crippen molar-refractivity contribution in [3.63, 3.8) is 0 Å². The van der Waals surface area contributed by atoms with Crippen molar-refractivity contribution in [2.45, 2.75) is 50.2 Å². The number of hydrogen-bond donors (Lipinski definition) is 2. The van der Waals surface area contributed by atoms with Gasteiger partial charge >= 0.3 is 0 Å². The maximum atomic E-state index is 5.91. The highest BCUT2D eigenvalue weighted by Crippen LogP contribution is 2.45. The predicted molar refractivity (Wildman–Crippen MR) is 61.2 cm³/mol. The van der Waals surface area contributed by atoms with Crippen molar-refractivity contribution < 1.29 is 4.74 Å². The maximum absolute atomic E-state index is 5.91. The lowest BCUT2D eigenvalue weighted by molar-refractivity contribution is -0.147. The Kier molecular flexibility index (Phi) is 3.44. The lowest BCUT2D eigenvalue weighted by Gasteiger charge is -2.48. The largest absolute Gasteiger partial charge is 0.375 e. The average molecular weight is 210 g/mol. The van der Waals surface area contributed by atoms with Gasteiger partial charge in [-0.3, -0.25) is 11.3 Å². The molecule has 0 aromatic heterocycles. The molecule has 1 aliphatic heterocycles. The number of rotatable bonds is 4. The maximum Gasteiger partial charge on any atom is 0.0685 e. The van der Waals surface area contributed by atoms with Crippen LogP contribution in [0.2, 0.25) is 0 Å². The summed E-state index contributed by atoms with van der Waals surface area (Å²) in [5.74, 6) is 6.25. The number of hydrazine groups is 1. The highest BCUT2D eigenvalue weighted by molar-refractivity contribution is 4.97. The zero-order valence-corrected chi connectivity index (χ0v) is 9.37. The first-order valence-electron chi connectivity index (χ1n) is 6.01. The third-order valence-electron chi connectivity index (χ3n) is 4.00. The van der Waals surface area contributed by atoms with E-state index in [1.54, 1.807) is 0 Å². The Bertz CT molecular complexity index is 226. The molecule has 1 saturated carbocycles. The third-order valence-corrected chi connectivity index (χ3v) is 4.00. The van der Waals surface area contributed by atoms with Crippen LogP contribution in [0.25, 0.3) is 0 Å². The molecule has 1 saturated heterocycles. The van der Waals surface area contributed by atoms with E-state index in [1.807, 2.05) is 6.08 Å². The summed E-state index contributed by atoms with van der Waals surface area (Å²) >= 11 is 0. The molecule has 2 fully saturated rings. The fraction of sp³-hybridized carbons (Fsp3) is 0.833. The van der Waals surface area contributed by atoms with Crippen LogP contribution in [-0.2, 0) is 4.74 Å². The summed E-state index contributed by atoms with van der Waals surface area (Å²) in [6.07, 6.45) is 9.03. The molecule has 86 valence electrons. The van der Waals surface area contributed by atoms with Gasteiger partial charge in [-0.2, -0.15) is 0 Å². The van der Waals surface area contributed by atoms with Gasteiger partial charge in [-0.05, 0) is 44.4 Å². The molecule has 3 nitrogen and oxygen atoms in total. The molecule has 3 heteroatoms. The van der Waals surface area contributed by atoms with E-state index < -0.39 is 0 Å². The Labute approximate surface area is 92.0 Å². The monoisotopic (exact) mass is 210 g/mol. The summed E-state index contributed by atoms with van der Waals surface area (Å²) in [4.78, 5) is 0. The minimum atomic E-state index is 0.221. The van der Waals surface area contributed by atoms with E-state index in [1.165, 1.54) is 25.7 Å². The van der Waals surface area contributed by atoms with Gasteiger partial charge in [0.25, 0.3) is 0 Å². The molecular formula is C12H22N2O. The van der Waals surface area contributed by atoms with E-state index in [4.69, 9.17) is 10.6 Å². The fourth-order valence-electron chi connectivity index (χ4n) is 2.90. The number of nitrogens with one attached hydrogen (secondary N) is 1. The van der Waals surface area contributed by atoms with E-state index in [9.17, 15) is 0 Å². The highest BCUT2D eigenvalue weighted by Gasteiger charge is 2.43. The van der Waals surface area contributed by atoms with Gasteiger partial charge in [0.2, 0.25) is 0 Å². The molecule has 1 heterocycles. The molecule has 2 aliphatic rings. The Morgan fingerprint density at radius 2 is 2.40 bits per heavy atom. The van der Waals surface area contributed by atoms with Crippen LogP contribution in [0, 0.1) is 5.92 Å². The van der Waals surface area contributed by atoms with Crippen molar-refractivity contribution in [2.75, 3.05) is 6.61 Å². The van der Waals surface area contributed by atoms with Crippen molar-refractivity contribution in [1.82, 2.24) is 5.43 Å². The van der Waals surface area contributed by atoms with Crippen LogP contribution in [0.1, 0.15) is 38.5 Å². The molecule has 2 unspecified atom stereocenters. The molecule has 3 N–H and O–H groups in total. The van der Waals surface area contributed by atoms with Crippen molar-refractivity contribution in [3.05, 3.63) is 12.7 Å². The van der Waals surface area contributed by atoms with Crippen LogP contribution >= 0.6 is 0 Å². The van der Waals surface area contributed by atoms with Crippen LogP contribution in [0.3, 0.4) is 0 Å². The van der Waals surface area contributed by atoms with Gasteiger partial charge in [-0.25, -0.2) is 0 Å². The quantitative estimate of drug-likeness (QED) is 0.422. The van der Waals surface area contributed by atoms with E-state index >= 15 is 0 Å². The summed E-state index contributed by atoms with van der Waals surface area (Å²) in [6.45, 7) is 4.69. The standard InChI is InChI=1S/C12H22N2O/c1-2-4-11(14-13)10-5-8-15-12(9-10)6-3-7-12/h2,10-11,14H,1,3-9,13H2. The molecular weight excluding hydrogens is 188 g/mol. The molecule has 0 aromatic rings. The van der Waals surface area contributed by atoms with Crippen molar-refractivity contribution in [1.29, 1.82) is 0 Å². The second kappa shape index (κ2) is 4.64. The zero-order valence-electron chi connectivity index (χ0n) is 9.37. The SMILES string of the molecule is C=CCC(NN)C1CCOC2(CCC2)C1. The van der Waals surface area contributed by atoms with Crippen molar-refractivity contribution in [3.8, 4) is 0 Å². The number of ether oxygens (including phenoxy) is 1. The van der Waals surface area contributed by atoms with Gasteiger partial charge in [0.1, 0.15) is 0 Å². The molecule has 1 spiro atoms. The molecule has 2 rings (SSSR count). The van der Waals surface area contributed by atoms with Gasteiger partial charge in [-0.15, -0.1) is 6.58 Å². The second-order valence-electron chi connectivity index (χ2n) is 4.94. The van der Waals surface area contributed by atoms with E-state index in [0.29, 0.717) is 12.0 Å². The van der Waals surface area contributed by atoms with Gasteiger partial charge in [0.15, 0.2) is 0 Å². The summed E-state index contributed by atoms with van der Waals surface area (Å²) in [5.41, 5.74) is 3.15. The van der Waals surface area contributed by atoms with E-state index in [-0.39, 0.29) is 5.60 Å². The average Bonchev–Trinajstić information content (AvgIpc) is 2.24. The zero-order chi connectivity index (χ0) is 10.7. The topological polar surface area (TPSA) is 47.3 Å². The lowest BCUT2D eigenvalue weighted by atomic mass is 9.70. The smallest absolute Gasteiger partial charge is 0.0685 e. The summed E-state index contributed by atoms with van der Waals surface area (Å²) in [5, 5.41) is 0.